The molecule has 0 radical (unpaired) electrons. The Morgan fingerprint density at radius 1 is 1.17 bits per heavy atom. The van der Waals surface area contributed by atoms with Crippen molar-refractivity contribution in [3.05, 3.63) is 64.8 Å². The lowest BCUT2D eigenvalue weighted by atomic mass is 10.1. The van der Waals surface area contributed by atoms with E-state index in [0.717, 1.165) is 26.2 Å². The highest BCUT2D eigenvalue weighted by molar-refractivity contribution is 7.19. The fourth-order valence-corrected chi connectivity index (χ4v) is 5.07. The van der Waals surface area contributed by atoms with Crippen molar-refractivity contribution < 1.29 is 19.1 Å². The van der Waals surface area contributed by atoms with Crippen molar-refractivity contribution in [2.75, 3.05) is 39.6 Å². The van der Waals surface area contributed by atoms with E-state index in [1.807, 2.05) is 49.3 Å². The highest BCUT2D eigenvalue weighted by Gasteiger charge is 2.30. The maximum absolute atomic E-state index is 12.8. The lowest BCUT2D eigenvalue weighted by molar-refractivity contribution is -0.141. The van der Waals surface area contributed by atoms with Gasteiger partial charge in [-0.25, -0.2) is 14.8 Å². The highest BCUT2D eigenvalue weighted by Crippen LogP contribution is 2.40. The van der Waals surface area contributed by atoms with Crippen LogP contribution in [0.5, 0.6) is 0 Å². The van der Waals surface area contributed by atoms with Crippen LogP contribution in [0.1, 0.15) is 22.0 Å². The molecule has 1 aliphatic rings. The van der Waals surface area contributed by atoms with Gasteiger partial charge in [-0.2, -0.15) is 0 Å². The monoisotopic (exact) mass is 508 g/mol. The summed E-state index contributed by atoms with van der Waals surface area (Å²) in [5.74, 6) is -0.496. The third-order valence-electron chi connectivity index (χ3n) is 5.75. The number of hydrogen-bond donors (Lipinski definition) is 2. The second kappa shape index (κ2) is 11.3. The molecule has 1 aliphatic heterocycles. The summed E-state index contributed by atoms with van der Waals surface area (Å²) in [6.45, 7) is 1.99. The fraction of sp³-hybridized carbons (Fsp3) is 0.320. The van der Waals surface area contributed by atoms with Crippen LogP contribution in [0.4, 0.5) is 5.82 Å². The molecule has 36 heavy (non-hydrogen) atoms. The number of nitrogens with zero attached hydrogens (tertiary/aromatic N) is 4. The van der Waals surface area contributed by atoms with Crippen molar-refractivity contribution in [1.29, 1.82) is 0 Å². The summed E-state index contributed by atoms with van der Waals surface area (Å²) < 4.78 is 5.02. The van der Waals surface area contributed by atoms with Gasteiger partial charge in [-0.3, -0.25) is 9.59 Å². The van der Waals surface area contributed by atoms with Crippen LogP contribution in [0.25, 0.3) is 10.2 Å². The Hall–Kier alpha value is -3.83. The van der Waals surface area contributed by atoms with Crippen LogP contribution in [0, 0.1) is 0 Å². The number of carbonyl (C=O) groups is 3. The summed E-state index contributed by atoms with van der Waals surface area (Å²) >= 11 is 1.49. The van der Waals surface area contributed by atoms with E-state index in [1.165, 1.54) is 36.9 Å². The number of esters is 1. The third-order valence-corrected chi connectivity index (χ3v) is 6.88. The summed E-state index contributed by atoms with van der Waals surface area (Å²) in [6, 6.07) is 8.51. The largest absolute Gasteiger partial charge is 0.467 e. The number of hydrogen-bond acceptors (Lipinski definition) is 9. The number of ether oxygens (including phenoxy) is 1. The van der Waals surface area contributed by atoms with Gasteiger partial charge in [0.1, 0.15) is 17.0 Å². The van der Waals surface area contributed by atoms with Crippen molar-refractivity contribution in [2.45, 2.75) is 19.1 Å². The molecule has 1 atom stereocenters. The third kappa shape index (κ3) is 5.69. The maximum atomic E-state index is 12.8. The van der Waals surface area contributed by atoms with Crippen molar-refractivity contribution in [2.24, 2.45) is 0 Å². The standard InChI is InChI=1S/C25H28N6O4S/c1-30(2)12-11-26-19(32)9-10-20(33)31-13-17-18(14-31)36-24-21(17)23(27-15-28-24)29-22(25(34)35-3)16-7-5-4-6-8-16/h4-10,15,22H,11-14H2,1-3H3,(H,26,32)(H,27,28,29). The zero-order valence-corrected chi connectivity index (χ0v) is 21.2. The number of likely N-dealkylation sites (N-methyl/N-ethyl adjacent to an activating group) is 1. The molecule has 188 valence electrons. The van der Waals surface area contributed by atoms with Gasteiger partial charge in [-0.1, -0.05) is 30.3 Å². The van der Waals surface area contributed by atoms with Crippen LogP contribution in [-0.2, 0) is 32.2 Å². The Kier molecular flexibility index (Phi) is 7.91. The van der Waals surface area contributed by atoms with Crippen molar-refractivity contribution in [3.63, 3.8) is 0 Å². The topological polar surface area (TPSA) is 117 Å². The lowest BCUT2D eigenvalue weighted by Crippen LogP contribution is -2.30. The molecule has 2 aromatic heterocycles. The van der Waals surface area contributed by atoms with Crippen LogP contribution in [0.3, 0.4) is 0 Å². The number of anilines is 1. The molecule has 0 fully saturated rings. The van der Waals surface area contributed by atoms with E-state index in [2.05, 4.69) is 20.6 Å². The molecule has 0 spiro atoms. The number of carbonyl (C=O) groups excluding carboxylic acids is 3. The number of aromatic nitrogens is 2. The van der Waals surface area contributed by atoms with Crippen LogP contribution >= 0.6 is 11.3 Å². The first-order valence-corrected chi connectivity index (χ1v) is 12.2. The smallest absolute Gasteiger partial charge is 0.333 e. The first kappa shape index (κ1) is 25.3. The van der Waals surface area contributed by atoms with Crippen molar-refractivity contribution >= 4 is 45.2 Å². The van der Waals surface area contributed by atoms with Gasteiger partial charge in [-0.15, -0.1) is 11.3 Å². The summed E-state index contributed by atoms with van der Waals surface area (Å²) in [6.07, 6.45) is 4.01. The lowest BCUT2D eigenvalue weighted by Gasteiger charge is -2.18. The minimum absolute atomic E-state index is 0.252. The molecule has 1 aromatic carbocycles. The molecule has 3 heterocycles. The summed E-state index contributed by atoms with van der Waals surface area (Å²) in [4.78, 5) is 51.5. The molecule has 2 N–H and O–H groups in total. The van der Waals surface area contributed by atoms with E-state index in [1.54, 1.807) is 4.90 Å². The Morgan fingerprint density at radius 3 is 2.67 bits per heavy atom. The van der Waals surface area contributed by atoms with Crippen LogP contribution in [0.2, 0.25) is 0 Å². The number of rotatable bonds is 9. The highest BCUT2D eigenvalue weighted by atomic mass is 32.1. The predicted octanol–water partition coefficient (Wildman–Crippen LogP) is 2.09. The number of nitrogens with one attached hydrogen (secondary N) is 2. The zero-order valence-electron chi connectivity index (χ0n) is 20.4. The van der Waals surface area contributed by atoms with Gasteiger partial charge in [0, 0.05) is 42.2 Å². The SMILES string of the molecule is COC(=O)C(Nc1ncnc2sc3c(c12)CN(C(=O)C=CC(=O)NCCN(C)C)C3)c1ccccc1. The number of thiophene rings is 1. The molecule has 11 heteroatoms. The predicted molar refractivity (Wildman–Crippen MR) is 137 cm³/mol. The van der Waals surface area contributed by atoms with Gasteiger partial charge in [0.2, 0.25) is 11.8 Å². The summed E-state index contributed by atoms with van der Waals surface area (Å²) in [5.41, 5.74) is 1.68. The minimum Gasteiger partial charge on any atom is -0.467 e. The molecule has 0 bridgehead atoms. The van der Waals surface area contributed by atoms with Gasteiger partial charge < -0.3 is 25.2 Å². The Balaban J connectivity index is 1.51. The van der Waals surface area contributed by atoms with Crippen molar-refractivity contribution in [1.82, 2.24) is 25.1 Å². The summed E-state index contributed by atoms with van der Waals surface area (Å²) in [7, 11) is 5.19. The average Bonchev–Trinajstić information content (AvgIpc) is 3.44. The van der Waals surface area contributed by atoms with E-state index in [0.29, 0.717) is 32.0 Å². The van der Waals surface area contributed by atoms with Crippen LogP contribution < -0.4 is 10.6 Å². The minimum atomic E-state index is -0.752. The number of fused-ring (bicyclic) bond motifs is 3. The Labute approximate surface area is 213 Å². The van der Waals surface area contributed by atoms with E-state index >= 15 is 0 Å². The second-order valence-corrected chi connectivity index (χ2v) is 9.62. The van der Waals surface area contributed by atoms with Crippen molar-refractivity contribution in [3.8, 4) is 0 Å². The van der Waals surface area contributed by atoms with Crippen LogP contribution in [0.15, 0.2) is 48.8 Å². The van der Waals surface area contributed by atoms with Gasteiger partial charge in [0.05, 0.1) is 19.0 Å². The molecule has 0 saturated heterocycles. The molecule has 1 unspecified atom stereocenters. The number of benzene rings is 1. The quantitative estimate of drug-likeness (QED) is 0.333. The van der Waals surface area contributed by atoms with Gasteiger partial charge in [0.15, 0.2) is 6.04 Å². The molecule has 4 rings (SSSR count). The normalized spacial score (nSPS) is 13.7. The Morgan fingerprint density at radius 2 is 1.94 bits per heavy atom. The molecule has 0 aliphatic carbocycles. The van der Waals surface area contributed by atoms with Gasteiger partial charge in [-0.05, 0) is 19.7 Å². The molecule has 0 saturated carbocycles. The first-order chi connectivity index (χ1) is 17.4. The maximum Gasteiger partial charge on any atom is 0.333 e. The second-order valence-electron chi connectivity index (χ2n) is 8.54. The molecular weight excluding hydrogens is 480 g/mol. The molecule has 10 nitrogen and oxygen atoms in total. The van der Waals surface area contributed by atoms with Gasteiger partial charge in [0.25, 0.3) is 0 Å². The molecular formula is C25H28N6O4S. The first-order valence-electron chi connectivity index (χ1n) is 11.4. The van der Waals surface area contributed by atoms with E-state index in [9.17, 15) is 14.4 Å². The summed E-state index contributed by atoms with van der Waals surface area (Å²) in [5, 5.41) is 6.75. The van der Waals surface area contributed by atoms with E-state index in [-0.39, 0.29) is 11.8 Å². The van der Waals surface area contributed by atoms with Gasteiger partial charge >= 0.3 is 5.97 Å². The zero-order chi connectivity index (χ0) is 25.7. The van der Waals surface area contributed by atoms with E-state index < -0.39 is 12.0 Å². The Bertz CT molecular complexity index is 1290. The molecule has 2 amide bonds. The molecule has 3 aromatic rings. The number of amides is 2. The van der Waals surface area contributed by atoms with E-state index in [4.69, 9.17) is 4.74 Å². The average molecular weight is 509 g/mol. The van der Waals surface area contributed by atoms with Crippen LogP contribution in [-0.4, -0.2) is 71.8 Å². The fourth-order valence-electron chi connectivity index (χ4n) is 3.91. The number of methoxy groups -OCH3 is 1.